The molecule has 35 heavy (non-hydrogen) atoms. The SMILES string of the molecule is FC(F)(F)c1cc(-c2ccccn2)c2[nH]c(N3CCN(c4ncccc4C(F)(F)F)CC3)nc2c1. The Kier molecular flexibility index (Phi) is 5.53. The number of aromatic nitrogens is 4. The van der Waals surface area contributed by atoms with Crippen molar-refractivity contribution in [2.75, 3.05) is 36.0 Å². The van der Waals surface area contributed by atoms with Gasteiger partial charge >= 0.3 is 12.4 Å². The predicted molar refractivity (Wildman–Crippen MR) is 118 cm³/mol. The van der Waals surface area contributed by atoms with Crippen LogP contribution in [0.15, 0.2) is 54.9 Å². The summed E-state index contributed by atoms with van der Waals surface area (Å²) in [6, 6.07) is 9.19. The Hall–Kier alpha value is -3.83. The number of anilines is 2. The Morgan fingerprint density at radius 3 is 2.14 bits per heavy atom. The van der Waals surface area contributed by atoms with Gasteiger partial charge in [0.05, 0.1) is 27.9 Å². The number of fused-ring (bicyclic) bond motifs is 1. The maximum atomic E-state index is 13.5. The number of rotatable bonds is 3. The lowest BCUT2D eigenvalue weighted by Crippen LogP contribution is -2.47. The van der Waals surface area contributed by atoms with E-state index in [-0.39, 0.29) is 30.0 Å². The molecule has 1 aliphatic heterocycles. The van der Waals surface area contributed by atoms with Gasteiger partial charge in [0, 0.05) is 44.1 Å². The molecule has 5 rings (SSSR count). The normalized spacial score (nSPS) is 15.1. The summed E-state index contributed by atoms with van der Waals surface area (Å²) in [6.45, 7) is 1.08. The lowest BCUT2D eigenvalue weighted by molar-refractivity contribution is -0.138. The highest BCUT2D eigenvalue weighted by Crippen LogP contribution is 2.38. The van der Waals surface area contributed by atoms with Gasteiger partial charge in [-0.2, -0.15) is 26.3 Å². The van der Waals surface area contributed by atoms with E-state index in [1.54, 1.807) is 28.0 Å². The molecule has 12 heteroatoms. The third-order valence-corrected chi connectivity index (χ3v) is 5.82. The van der Waals surface area contributed by atoms with E-state index in [0.29, 0.717) is 30.2 Å². The van der Waals surface area contributed by atoms with Gasteiger partial charge in [-0.25, -0.2) is 9.97 Å². The molecule has 0 saturated carbocycles. The van der Waals surface area contributed by atoms with Crippen LogP contribution in [0.25, 0.3) is 22.3 Å². The minimum absolute atomic E-state index is 0.127. The molecule has 6 nitrogen and oxygen atoms in total. The number of benzene rings is 1. The number of piperazine rings is 1. The van der Waals surface area contributed by atoms with Crippen LogP contribution in [0.1, 0.15) is 11.1 Å². The summed E-state index contributed by atoms with van der Waals surface area (Å²) >= 11 is 0. The minimum atomic E-state index is -4.57. The van der Waals surface area contributed by atoms with Crippen molar-refractivity contribution >= 4 is 22.8 Å². The molecule has 1 aromatic carbocycles. The van der Waals surface area contributed by atoms with E-state index in [0.717, 1.165) is 18.2 Å². The van der Waals surface area contributed by atoms with E-state index >= 15 is 0 Å². The molecule has 0 unspecified atom stereocenters. The van der Waals surface area contributed by atoms with Gasteiger partial charge in [-0.3, -0.25) is 4.98 Å². The van der Waals surface area contributed by atoms with Crippen molar-refractivity contribution in [1.82, 2.24) is 19.9 Å². The molecule has 4 aromatic rings. The first-order valence-corrected chi connectivity index (χ1v) is 10.7. The fourth-order valence-corrected chi connectivity index (χ4v) is 4.14. The van der Waals surface area contributed by atoms with Crippen molar-refractivity contribution in [2.24, 2.45) is 0 Å². The van der Waals surface area contributed by atoms with Crippen molar-refractivity contribution in [3.63, 3.8) is 0 Å². The Morgan fingerprint density at radius 1 is 0.771 bits per heavy atom. The molecule has 0 radical (unpaired) electrons. The number of nitrogens with zero attached hydrogens (tertiary/aromatic N) is 5. The number of imidazole rings is 1. The molecule has 0 bridgehead atoms. The molecule has 3 aromatic heterocycles. The molecule has 0 aliphatic carbocycles. The third kappa shape index (κ3) is 4.47. The summed E-state index contributed by atoms with van der Waals surface area (Å²) in [5.74, 6) is 0.199. The van der Waals surface area contributed by atoms with Crippen molar-refractivity contribution in [2.45, 2.75) is 12.4 Å². The molecule has 1 aliphatic rings. The van der Waals surface area contributed by atoms with Crippen LogP contribution in [-0.4, -0.2) is 46.1 Å². The van der Waals surface area contributed by atoms with E-state index in [9.17, 15) is 26.3 Å². The number of halogens is 6. The first-order chi connectivity index (χ1) is 16.6. The number of aromatic amines is 1. The van der Waals surface area contributed by atoms with Crippen LogP contribution < -0.4 is 9.80 Å². The Bertz CT molecular complexity index is 1340. The van der Waals surface area contributed by atoms with E-state index in [1.807, 2.05) is 0 Å². The lowest BCUT2D eigenvalue weighted by atomic mass is 10.0. The van der Waals surface area contributed by atoms with Crippen molar-refractivity contribution < 1.29 is 26.3 Å². The highest BCUT2D eigenvalue weighted by atomic mass is 19.4. The summed E-state index contributed by atoms with van der Waals surface area (Å²) in [5, 5.41) is 0. The van der Waals surface area contributed by atoms with E-state index in [1.165, 1.54) is 18.5 Å². The highest BCUT2D eigenvalue weighted by molar-refractivity contribution is 5.93. The smallest absolute Gasteiger partial charge is 0.353 e. The maximum Gasteiger partial charge on any atom is 0.419 e. The fourth-order valence-electron chi connectivity index (χ4n) is 4.14. The second kappa shape index (κ2) is 8.43. The van der Waals surface area contributed by atoms with Crippen LogP contribution in [0.3, 0.4) is 0 Å². The average molecular weight is 492 g/mol. The Morgan fingerprint density at radius 2 is 1.49 bits per heavy atom. The summed E-state index contributed by atoms with van der Waals surface area (Å²) < 4.78 is 80.7. The average Bonchev–Trinajstić information content (AvgIpc) is 3.27. The number of nitrogens with one attached hydrogen (secondary N) is 1. The topological polar surface area (TPSA) is 60.9 Å². The molecule has 0 amide bonds. The second-order valence-electron chi connectivity index (χ2n) is 8.04. The van der Waals surface area contributed by atoms with Crippen LogP contribution in [0, 0.1) is 0 Å². The Labute approximate surface area is 195 Å². The zero-order chi connectivity index (χ0) is 24.8. The van der Waals surface area contributed by atoms with Gasteiger partial charge in [-0.05, 0) is 36.4 Å². The van der Waals surface area contributed by atoms with Crippen molar-refractivity contribution in [3.8, 4) is 11.3 Å². The number of pyridine rings is 2. The van der Waals surface area contributed by atoms with E-state index < -0.39 is 23.5 Å². The second-order valence-corrected chi connectivity index (χ2v) is 8.04. The first-order valence-electron chi connectivity index (χ1n) is 10.7. The monoisotopic (exact) mass is 492 g/mol. The van der Waals surface area contributed by atoms with E-state index in [2.05, 4.69) is 19.9 Å². The van der Waals surface area contributed by atoms with Crippen molar-refractivity contribution in [3.05, 3.63) is 66.0 Å². The standard InChI is InChI=1S/C23H18F6N6/c24-22(25,26)14-12-15(17-5-1-2-6-30-17)19-18(13-14)32-21(33-19)35-10-8-34(9-11-35)20-16(23(27,28)29)4-3-7-31-20/h1-7,12-13H,8-11H2,(H,32,33). The number of H-pyrrole nitrogens is 1. The van der Waals surface area contributed by atoms with Gasteiger partial charge in [0.2, 0.25) is 5.95 Å². The Balaban J connectivity index is 1.45. The molecule has 1 saturated heterocycles. The lowest BCUT2D eigenvalue weighted by Gasteiger charge is -2.36. The molecule has 1 N–H and O–H groups in total. The maximum absolute atomic E-state index is 13.5. The van der Waals surface area contributed by atoms with E-state index in [4.69, 9.17) is 0 Å². The van der Waals surface area contributed by atoms with Crippen LogP contribution >= 0.6 is 0 Å². The number of alkyl halides is 6. The molecule has 182 valence electrons. The number of hydrogen-bond donors (Lipinski definition) is 1. The van der Waals surface area contributed by atoms with Crippen LogP contribution in [0.5, 0.6) is 0 Å². The summed E-state index contributed by atoms with van der Waals surface area (Å²) in [6.07, 6.45) is -6.29. The molecule has 0 atom stereocenters. The van der Waals surface area contributed by atoms with Gasteiger partial charge in [-0.15, -0.1) is 0 Å². The quantitative estimate of drug-likeness (QED) is 0.389. The molecule has 0 spiro atoms. The predicted octanol–water partition coefficient (Wildman–Crippen LogP) is 5.38. The molecular weight excluding hydrogens is 474 g/mol. The first kappa shape index (κ1) is 22.9. The molecular formula is C23H18F6N6. The minimum Gasteiger partial charge on any atom is -0.353 e. The summed E-state index contributed by atoms with van der Waals surface area (Å²) in [5.41, 5.74) is -0.505. The largest absolute Gasteiger partial charge is 0.419 e. The molecule has 4 heterocycles. The zero-order valence-electron chi connectivity index (χ0n) is 18.0. The van der Waals surface area contributed by atoms with Gasteiger partial charge in [0.1, 0.15) is 5.82 Å². The fraction of sp³-hybridized carbons (Fsp3) is 0.261. The zero-order valence-corrected chi connectivity index (χ0v) is 18.0. The molecule has 1 fully saturated rings. The highest BCUT2D eigenvalue weighted by Gasteiger charge is 2.36. The van der Waals surface area contributed by atoms with Gasteiger partial charge in [-0.1, -0.05) is 6.07 Å². The summed E-state index contributed by atoms with van der Waals surface area (Å²) in [4.78, 5) is 18.9. The van der Waals surface area contributed by atoms with Crippen LogP contribution in [-0.2, 0) is 12.4 Å². The van der Waals surface area contributed by atoms with Crippen LogP contribution in [0.2, 0.25) is 0 Å². The van der Waals surface area contributed by atoms with Gasteiger partial charge < -0.3 is 14.8 Å². The van der Waals surface area contributed by atoms with Crippen molar-refractivity contribution in [1.29, 1.82) is 0 Å². The van der Waals surface area contributed by atoms with Gasteiger partial charge in [0.15, 0.2) is 0 Å². The third-order valence-electron chi connectivity index (χ3n) is 5.82. The number of hydrogen-bond acceptors (Lipinski definition) is 5. The van der Waals surface area contributed by atoms with Gasteiger partial charge in [0.25, 0.3) is 0 Å². The van der Waals surface area contributed by atoms with Crippen LogP contribution in [0.4, 0.5) is 38.1 Å². The summed E-state index contributed by atoms with van der Waals surface area (Å²) in [7, 11) is 0.